The maximum atomic E-state index is 12.5. The van der Waals surface area contributed by atoms with E-state index in [9.17, 15) is 14.7 Å². The van der Waals surface area contributed by atoms with Gasteiger partial charge in [0.2, 0.25) is 5.91 Å². The van der Waals surface area contributed by atoms with Gasteiger partial charge in [-0.1, -0.05) is 13.8 Å². The quantitative estimate of drug-likeness (QED) is 0.658. The molecule has 8 nitrogen and oxygen atoms in total. The predicted octanol–water partition coefficient (Wildman–Crippen LogP) is 0.697. The third-order valence-corrected chi connectivity index (χ3v) is 3.66. The number of amides is 2. The van der Waals surface area contributed by atoms with Gasteiger partial charge < -0.3 is 15.3 Å². The first-order chi connectivity index (χ1) is 11.6. The molecule has 0 radical (unpaired) electrons. The second-order valence-corrected chi connectivity index (χ2v) is 5.56. The highest BCUT2D eigenvalue weighted by Crippen LogP contribution is 2.11. The number of hydrogen-bond acceptors (Lipinski definition) is 5. The van der Waals surface area contributed by atoms with E-state index in [1.807, 2.05) is 13.8 Å². The van der Waals surface area contributed by atoms with Crippen LogP contribution in [0, 0.1) is 0 Å². The molecule has 130 valence electrons. The molecule has 3 N–H and O–H groups in total. The van der Waals surface area contributed by atoms with Gasteiger partial charge in [-0.05, 0) is 31.0 Å². The molecule has 0 aliphatic rings. The van der Waals surface area contributed by atoms with Gasteiger partial charge in [0.15, 0.2) is 0 Å². The van der Waals surface area contributed by atoms with Gasteiger partial charge in [-0.2, -0.15) is 15.4 Å². The van der Waals surface area contributed by atoms with Crippen LogP contribution in [0.1, 0.15) is 37.0 Å². The summed E-state index contributed by atoms with van der Waals surface area (Å²) in [7, 11) is 0. The fraction of sp³-hybridized carbons (Fsp3) is 0.500. The van der Waals surface area contributed by atoms with Crippen LogP contribution in [0.2, 0.25) is 0 Å². The largest absolute Gasteiger partial charge is 0.394 e. The average Bonchev–Trinajstić information content (AvgIpc) is 3.06. The minimum Gasteiger partial charge on any atom is -0.394 e. The molecule has 0 saturated heterocycles. The van der Waals surface area contributed by atoms with Gasteiger partial charge in [-0.15, -0.1) is 0 Å². The molecule has 1 heterocycles. The Morgan fingerprint density at radius 1 is 1.21 bits per heavy atom. The van der Waals surface area contributed by atoms with Crippen molar-refractivity contribution in [3.05, 3.63) is 23.8 Å². The highest BCUT2D eigenvalue weighted by atomic mass is 16.3. The Hall–Kier alpha value is -2.48. The van der Waals surface area contributed by atoms with Gasteiger partial charge in [0.1, 0.15) is 17.1 Å². The van der Waals surface area contributed by atoms with Crippen molar-refractivity contribution in [1.82, 2.24) is 25.6 Å². The zero-order chi connectivity index (χ0) is 17.5. The fourth-order valence-electron chi connectivity index (χ4n) is 2.50. The lowest BCUT2D eigenvalue weighted by molar-refractivity contribution is -0.134. The number of carbonyl (C=O) groups is 2. The lowest BCUT2D eigenvalue weighted by Gasteiger charge is -2.26. The van der Waals surface area contributed by atoms with Crippen molar-refractivity contribution in [1.29, 1.82) is 0 Å². The summed E-state index contributed by atoms with van der Waals surface area (Å²) in [4.78, 5) is 26.6. The number of aliphatic hydroxyl groups excluding tert-OH is 1. The molecule has 2 aromatic rings. The lowest BCUT2D eigenvalue weighted by Crippen LogP contribution is -2.51. The van der Waals surface area contributed by atoms with Crippen molar-refractivity contribution in [3.8, 4) is 0 Å². The Bertz CT molecular complexity index is 694. The van der Waals surface area contributed by atoms with E-state index < -0.39 is 18.6 Å². The molecule has 0 aliphatic carbocycles. The van der Waals surface area contributed by atoms with Crippen LogP contribution in [0.5, 0.6) is 0 Å². The molecule has 1 unspecified atom stereocenters. The highest BCUT2D eigenvalue weighted by Gasteiger charge is 2.25. The summed E-state index contributed by atoms with van der Waals surface area (Å²) in [5.41, 5.74) is 1.58. The van der Waals surface area contributed by atoms with E-state index in [-0.39, 0.29) is 5.91 Å². The van der Waals surface area contributed by atoms with Gasteiger partial charge in [0, 0.05) is 18.7 Å². The van der Waals surface area contributed by atoms with Crippen LogP contribution in [0.15, 0.2) is 18.2 Å². The molecule has 24 heavy (non-hydrogen) atoms. The summed E-state index contributed by atoms with van der Waals surface area (Å²) in [6.07, 6.45) is 1.64. The average molecular weight is 333 g/mol. The third-order valence-electron chi connectivity index (χ3n) is 3.66. The zero-order valence-corrected chi connectivity index (χ0v) is 14.0. The van der Waals surface area contributed by atoms with Crippen LogP contribution in [0.4, 0.5) is 0 Å². The number of H-pyrrole nitrogens is 1. The third kappa shape index (κ3) is 4.08. The molecule has 0 spiro atoms. The SMILES string of the molecule is CCCN(CCC)C(=O)C(CO)NC(=O)c1ccc2n[nH]nc2c1. The number of hydrogen-bond donors (Lipinski definition) is 3. The van der Waals surface area contributed by atoms with E-state index in [0.717, 1.165) is 12.8 Å². The van der Waals surface area contributed by atoms with E-state index in [1.54, 1.807) is 23.1 Å². The number of aliphatic hydroxyl groups is 1. The number of nitrogens with one attached hydrogen (secondary N) is 2. The lowest BCUT2D eigenvalue weighted by atomic mass is 10.1. The number of aromatic nitrogens is 3. The molecule has 0 saturated carbocycles. The van der Waals surface area contributed by atoms with Crippen molar-refractivity contribution in [2.24, 2.45) is 0 Å². The Kier molecular flexibility index (Phi) is 6.25. The number of carbonyl (C=O) groups excluding carboxylic acids is 2. The van der Waals surface area contributed by atoms with E-state index in [4.69, 9.17) is 0 Å². The normalized spacial score (nSPS) is 12.1. The van der Waals surface area contributed by atoms with Crippen molar-refractivity contribution < 1.29 is 14.7 Å². The molecule has 2 rings (SSSR count). The van der Waals surface area contributed by atoms with E-state index in [2.05, 4.69) is 20.7 Å². The first-order valence-corrected chi connectivity index (χ1v) is 8.11. The van der Waals surface area contributed by atoms with Gasteiger partial charge in [-0.3, -0.25) is 9.59 Å². The minimum absolute atomic E-state index is 0.267. The maximum Gasteiger partial charge on any atom is 0.252 e. The summed E-state index contributed by atoms with van der Waals surface area (Å²) in [5.74, 6) is -0.697. The summed E-state index contributed by atoms with van der Waals surface area (Å²) in [6.45, 7) is 4.72. The Morgan fingerprint density at radius 2 is 1.88 bits per heavy atom. The van der Waals surface area contributed by atoms with E-state index >= 15 is 0 Å². The summed E-state index contributed by atoms with van der Waals surface area (Å²) in [5, 5.41) is 22.5. The van der Waals surface area contributed by atoms with Crippen molar-refractivity contribution in [2.45, 2.75) is 32.7 Å². The summed E-state index contributed by atoms with van der Waals surface area (Å²) >= 11 is 0. The smallest absolute Gasteiger partial charge is 0.252 e. The zero-order valence-electron chi connectivity index (χ0n) is 14.0. The predicted molar refractivity (Wildman–Crippen MR) is 89.4 cm³/mol. The van der Waals surface area contributed by atoms with Gasteiger partial charge in [-0.25, -0.2) is 0 Å². The molecule has 8 heteroatoms. The molecule has 0 aliphatic heterocycles. The number of rotatable bonds is 8. The van der Waals surface area contributed by atoms with E-state index in [0.29, 0.717) is 29.7 Å². The van der Waals surface area contributed by atoms with Crippen molar-refractivity contribution >= 4 is 22.8 Å². The monoisotopic (exact) mass is 333 g/mol. The fourth-order valence-corrected chi connectivity index (χ4v) is 2.50. The first-order valence-electron chi connectivity index (χ1n) is 8.11. The molecular weight excluding hydrogens is 310 g/mol. The molecule has 1 atom stereocenters. The van der Waals surface area contributed by atoms with Crippen LogP contribution < -0.4 is 5.32 Å². The minimum atomic E-state index is -0.955. The summed E-state index contributed by atoms with van der Waals surface area (Å²) < 4.78 is 0. The van der Waals surface area contributed by atoms with Gasteiger partial charge in [0.05, 0.1) is 6.61 Å². The van der Waals surface area contributed by atoms with Crippen LogP contribution in [0.3, 0.4) is 0 Å². The van der Waals surface area contributed by atoms with Crippen LogP contribution in [-0.4, -0.2) is 63.0 Å². The highest BCUT2D eigenvalue weighted by molar-refractivity contribution is 5.99. The second-order valence-electron chi connectivity index (χ2n) is 5.56. The van der Waals surface area contributed by atoms with Crippen LogP contribution >= 0.6 is 0 Å². The maximum absolute atomic E-state index is 12.5. The number of aromatic amines is 1. The second kappa shape index (κ2) is 8.39. The molecule has 0 bridgehead atoms. The Morgan fingerprint density at radius 3 is 2.50 bits per heavy atom. The van der Waals surface area contributed by atoms with Crippen molar-refractivity contribution in [3.63, 3.8) is 0 Å². The van der Waals surface area contributed by atoms with Crippen LogP contribution in [-0.2, 0) is 4.79 Å². The van der Waals surface area contributed by atoms with Gasteiger partial charge >= 0.3 is 0 Å². The molecule has 1 aromatic carbocycles. The first kappa shape index (κ1) is 17.9. The topological polar surface area (TPSA) is 111 Å². The Labute approximate surface area is 140 Å². The number of fused-ring (bicyclic) bond motifs is 1. The summed E-state index contributed by atoms with van der Waals surface area (Å²) in [6, 6.07) is 3.91. The van der Waals surface area contributed by atoms with Crippen molar-refractivity contribution in [2.75, 3.05) is 19.7 Å². The molecule has 0 fully saturated rings. The van der Waals surface area contributed by atoms with E-state index in [1.165, 1.54) is 0 Å². The van der Waals surface area contributed by atoms with Crippen LogP contribution in [0.25, 0.3) is 11.0 Å². The standard InChI is InChI=1S/C16H23N5O3/c1-3-7-21(8-4-2)16(24)14(10-22)17-15(23)11-5-6-12-13(9-11)19-20-18-12/h5-6,9,14,22H,3-4,7-8,10H2,1-2H3,(H,17,23)(H,18,19,20). The van der Waals surface area contributed by atoms with Gasteiger partial charge in [0.25, 0.3) is 5.91 Å². The molecule has 1 aromatic heterocycles. The Balaban J connectivity index is 2.09. The molecule has 2 amide bonds. The molecular formula is C16H23N5O3. The number of nitrogens with zero attached hydrogens (tertiary/aromatic N) is 3. The number of benzene rings is 1.